The van der Waals surface area contributed by atoms with E-state index in [4.69, 9.17) is 22.4 Å². The van der Waals surface area contributed by atoms with Gasteiger partial charge in [-0.15, -0.1) is 0 Å². The van der Waals surface area contributed by atoms with E-state index < -0.39 is 11.5 Å². The van der Waals surface area contributed by atoms with E-state index in [1.807, 2.05) is 22.6 Å². The molecule has 0 aliphatic heterocycles. The Morgan fingerprint density at radius 1 is 1.64 bits per heavy atom. The molecule has 3 nitrogen and oxygen atoms in total. The molecule has 0 fully saturated rings. The van der Waals surface area contributed by atoms with E-state index in [2.05, 4.69) is 0 Å². The van der Waals surface area contributed by atoms with E-state index in [0.717, 1.165) is 3.57 Å². The van der Waals surface area contributed by atoms with Gasteiger partial charge in [0.25, 0.3) is 0 Å². The highest BCUT2D eigenvalue weighted by atomic mass is 127. The lowest BCUT2D eigenvalue weighted by molar-refractivity contribution is -0.143. The highest BCUT2D eigenvalue weighted by Crippen LogP contribution is 2.29. The fourth-order valence-corrected chi connectivity index (χ4v) is 1.84. The van der Waals surface area contributed by atoms with Crippen molar-refractivity contribution in [1.82, 2.24) is 0 Å². The molecule has 1 aromatic rings. The van der Waals surface area contributed by atoms with Crippen molar-refractivity contribution in [2.75, 3.05) is 0 Å². The predicted octanol–water partition coefficient (Wildman–Crippen LogP) is 2.20. The lowest BCUT2D eigenvalue weighted by Crippen LogP contribution is -2.42. The van der Waals surface area contributed by atoms with Crippen LogP contribution in [0.4, 0.5) is 0 Å². The first-order valence-electron chi connectivity index (χ1n) is 3.84. The van der Waals surface area contributed by atoms with Crippen LogP contribution in [0, 0.1) is 3.57 Å². The van der Waals surface area contributed by atoms with Gasteiger partial charge in [-0.05, 0) is 35.6 Å². The van der Waals surface area contributed by atoms with Crippen LogP contribution in [-0.2, 0) is 10.3 Å². The molecule has 1 atom stereocenters. The Bertz CT molecular complexity index is 379. The van der Waals surface area contributed by atoms with E-state index in [-0.39, 0.29) is 0 Å². The van der Waals surface area contributed by atoms with Crippen molar-refractivity contribution in [1.29, 1.82) is 0 Å². The average molecular weight is 326 g/mol. The van der Waals surface area contributed by atoms with Gasteiger partial charge in [-0.25, -0.2) is 4.79 Å². The van der Waals surface area contributed by atoms with Gasteiger partial charge in [-0.3, -0.25) is 0 Å². The zero-order valence-corrected chi connectivity index (χ0v) is 10.3. The zero-order chi connectivity index (χ0) is 10.9. The molecule has 0 bridgehead atoms. The van der Waals surface area contributed by atoms with Crippen LogP contribution in [0.1, 0.15) is 12.5 Å². The second kappa shape index (κ2) is 4.04. The normalized spacial score (nSPS) is 14.9. The van der Waals surface area contributed by atoms with Crippen LogP contribution in [0.2, 0.25) is 5.02 Å². The number of aliphatic carboxylic acids is 1. The molecule has 0 saturated heterocycles. The first-order valence-corrected chi connectivity index (χ1v) is 5.30. The Balaban J connectivity index is 3.33. The third-order valence-electron chi connectivity index (χ3n) is 1.96. The van der Waals surface area contributed by atoms with E-state index in [1.54, 1.807) is 18.2 Å². The molecule has 1 aromatic carbocycles. The second-order valence-electron chi connectivity index (χ2n) is 3.11. The number of nitrogens with two attached hydrogens (primary N) is 1. The van der Waals surface area contributed by atoms with Crippen molar-refractivity contribution in [2.45, 2.75) is 12.5 Å². The van der Waals surface area contributed by atoms with Gasteiger partial charge in [0, 0.05) is 9.13 Å². The summed E-state index contributed by atoms with van der Waals surface area (Å²) in [4.78, 5) is 10.9. The minimum absolute atomic E-state index is 0.403. The molecule has 0 amide bonds. The van der Waals surface area contributed by atoms with Crippen LogP contribution in [0.5, 0.6) is 0 Å². The lowest BCUT2D eigenvalue weighted by Gasteiger charge is -2.21. The standard InChI is InChI=1S/C9H9ClINO2/c1-9(12,8(13)14)5-3-2-4-6(11)7(5)10/h2-4H,12H2,1H3,(H,13,14)/t9-/m1/s1. The number of hydrogen-bond donors (Lipinski definition) is 2. The van der Waals surface area contributed by atoms with Gasteiger partial charge in [-0.2, -0.15) is 0 Å². The minimum atomic E-state index is -1.45. The number of benzene rings is 1. The molecule has 14 heavy (non-hydrogen) atoms. The summed E-state index contributed by atoms with van der Waals surface area (Å²) in [5.74, 6) is -1.10. The summed E-state index contributed by atoms with van der Waals surface area (Å²) >= 11 is 8.00. The summed E-state index contributed by atoms with van der Waals surface area (Å²) in [5, 5.41) is 9.33. The molecule has 3 N–H and O–H groups in total. The molecule has 0 spiro atoms. The molecule has 76 valence electrons. The highest BCUT2D eigenvalue weighted by molar-refractivity contribution is 14.1. The van der Waals surface area contributed by atoms with Crippen molar-refractivity contribution in [3.63, 3.8) is 0 Å². The van der Waals surface area contributed by atoms with Gasteiger partial charge in [0.15, 0.2) is 0 Å². The number of hydrogen-bond acceptors (Lipinski definition) is 2. The summed E-state index contributed by atoms with van der Waals surface area (Å²) in [7, 11) is 0. The Morgan fingerprint density at radius 3 is 2.71 bits per heavy atom. The maximum atomic E-state index is 10.9. The van der Waals surface area contributed by atoms with Crippen LogP contribution < -0.4 is 5.73 Å². The molecule has 0 saturated carbocycles. The van der Waals surface area contributed by atoms with Crippen LogP contribution in [0.3, 0.4) is 0 Å². The highest BCUT2D eigenvalue weighted by Gasteiger charge is 2.32. The molecule has 0 aliphatic rings. The van der Waals surface area contributed by atoms with Gasteiger partial charge < -0.3 is 10.8 Å². The lowest BCUT2D eigenvalue weighted by atomic mass is 9.93. The van der Waals surface area contributed by atoms with Gasteiger partial charge in [0.2, 0.25) is 0 Å². The van der Waals surface area contributed by atoms with E-state index in [0.29, 0.717) is 10.6 Å². The molecule has 5 heteroatoms. The van der Waals surface area contributed by atoms with Gasteiger partial charge >= 0.3 is 5.97 Å². The number of carboxylic acids is 1. The molecular formula is C9H9ClINO2. The maximum absolute atomic E-state index is 10.9. The number of carbonyl (C=O) groups is 1. The quantitative estimate of drug-likeness (QED) is 0.820. The summed E-state index contributed by atoms with van der Waals surface area (Å²) in [6, 6.07) is 5.15. The topological polar surface area (TPSA) is 63.3 Å². The molecule has 0 radical (unpaired) electrons. The van der Waals surface area contributed by atoms with Gasteiger partial charge in [0.05, 0.1) is 5.02 Å². The van der Waals surface area contributed by atoms with E-state index >= 15 is 0 Å². The number of carboxylic acid groups (broad SMARTS) is 1. The van der Waals surface area contributed by atoms with Crippen molar-refractivity contribution >= 4 is 40.2 Å². The molecule has 0 aliphatic carbocycles. The molecule has 1 rings (SSSR count). The van der Waals surface area contributed by atoms with Crippen LogP contribution in [0.15, 0.2) is 18.2 Å². The van der Waals surface area contributed by atoms with E-state index in [1.165, 1.54) is 6.92 Å². The molecular weight excluding hydrogens is 316 g/mol. The average Bonchev–Trinajstić information content (AvgIpc) is 2.09. The van der Waals surface area contributed by atoms with Gasteiger partial charge in [0.1, 0.15) is 5.54 Å². The Hall–Kier alpha value is -0.330. The summed E-state index contributed by atoms with van der Waals surface area (Å²) < 4.78 is 0.791. The van der Waals surface area contributed by atoms with Crippen molar-refractivity contribution in [2.24, 2.45) is 5.73 Å². The third-order valence-corrected chi connectivity index (χ3v) is 3.58. The predicted molar refractivity (Wildman–Crippen MR) is 63.3 cm³/mol. The second-order valence-corrected chi connectivity index (χ2v) is 4.65. The first kappa shape index (κ1) is 11.7. The fraction of sp³-hybridized carbons (Fsp3) is 0.222. The first-order chi connectivity index (χ1) is 6.37. The number of halogens is 2. The van der Waals surface area contributed by atoms with Crippen LogP contribution >= 0.6 is 34.2 Å². The summed E-state index contributed by atoms with van der Waals surface area (Å²) in [5.41, 5.74) is 4.65. The smallest absolute Gasteiger partial charge is 0.328 e. The van der Waals surface area contributed by atoms with Crippen molar-refractivity contribution < 1.29 is 9.90 Å². The number of rotatable bonds is 2. The van der Waals surface area contributed by atoms with Gasteiger partial charge in [-0.1, -0.05) is 23.7 Å². The Kier molecular flexibility index (Phi) is 3.39. The maximum Gasteiger partial charge on any atom is 0.328 e. The van der Waals surface area contributed by atoms with Crippen molar-refractivity contribution in [3.8, 4) is 0 Å². The minimum Gasteiger partial charge on any atom is -0.480 e. The summed E-state index contributed by atoms with van der Waals surface area (Å²) in [6.45, 7) is 1.42. The third kappa shape index (κ3) is 2.02. The Morgan fingerprint density at radius 2 is 2.21 bits per heavy atom. The zero-order valence-electron chi connectivity index (χ0n) is 7.42. The van der Waals surface area contributed by atoms with Crippen LogP contribution in [0.25, 0.3) is 0 Å². The molecule has 0 aromatic heterocycles. The SMILES string of the molecule is C[C@](N)(C(=O)O)c1cccc(I)c1Cl. The van der Waals surface area contributed by atoms with E-state index in [9.17, 15) is 4.79 Å². The fourth-order valence-electron chi connectivity index (χ4n) is 1.02. The largest absolute Gasteiger partial charge is 0.480 e. The monoisotopic (exact) mass is 325 g/mol. The summed E-state index contributed by atoms with van der Waals surface area (Å²) in [6.07, 6.45) is 0. The Labute approximate surface area is 100 Å². The molecule has 0 unspecified atom stereocenters. The van der Waals surface area contributed by atoms with Crippen molar-refractivity contribution in [3.05, 3.63) is 32.4 Å². The van der Waals surface area contributed by atoms with Crippen LogP contribution in [-0.4, -0.2) is 11.1 Å². The molecule has 0 heterocycles.